The fraction of sp³-hybridized carbons (Fsp3) is 0.533. The summed E-state index contributed by atoms with van der Waals surface area (Å²) in [6.45, 7) is 8.78. The lowest BCUT2D eigenvalue weighted by molar-refractivity contribution is -0.121. The molecule has 0 spiro atoms. The molecule has 1 N–H and O–H groups in total. The van der Waals surface area contributed by atoms with Gasteiger partial charge in [0.05, 0.1) is 0 Å². The Kier molecular flexibility index (Phi) is 6.44. The maximum atomic E-state index is 11.6. The maximum absolute atomic E-state index is 11.6. The van der Waals surface area contributed by atoms with E-state index < -0.39 is 0 Å². The summed E-state index contributed by atoms with van der Waals surface area (Å²) in [4.78, 5) is 13.9. The first-order valence-corrected chi connectivity index (χ1v) is 6.67. The third kappa shape index (κ3) is 5.82. The molecule has 0 aliphatic carbocycles. The lowest BCUT2D eigenvalue weighted by Crippen LogP contribution is -2.34. The third-order valence-electron chi connectivity index (χ3n) is 2.80. The molecule has 3 nitrogen and oxygen atoms in total. The van der Waals surface area contributed by atoms with Crippen molar-refractivity contribution in [3.8, 4) is 0 Å². The van der Waals surface area contributed by atoms with E-state index in [2.05, 4.69) is 41.4 Å². The average Bonchev–Trinajstić information content (AvgIpc) is 2.35. The summed E-state index contributed by atoms with van der Waals surface area (Å²) in [6.07, 6.45) is 0.568. The third-order valence-corrected chi connectivity index (χ3v) is 2.80. The quantitative estimate of drug-likeness (QED) is 0.803. The Balaban J connectivity index is 2.36. The highest BCUT2D eigenvalue weighted by Gasteiger charge is 2.08. The summed E-state index contributed by atoms with van der Waals surface area (Å²) in [7, 11) is 0. The van der Waals surface area contributed by atoms with Crippen LogP contribution in [0.5, 0.6) is 0 Å². The number of amides is 1. The number of carbonyl (C=O) groups excluding carboxylic acids is 1. The van der Waals surface area contributed by atoms with Gasteiger partial charge in [-0.3, -0.25) is 9.69 Å². The minimum atomic E-state index is 0.136. The van der Waals surface area contributed by atoms with E-state index in [9.17, 15) is 4.79 Å². The van der Waals surface area contributed by atoms with Gasteiger partial charge in [-0.1, -0.05) is 37.3 Å². The average molecular weight is 248 g/mol. The zero-order valence-electron chi connectivity index (χ0n) is 11.6. The summed E-state index contributed by atoms with van der Waals surface area (Å²) in [5.74, 6) is 0.136. The van der Waals surface area contributed by atoms with Crippen LogP contribution in [-0.4, -0.2) is 29.9 Å². The molecular weight excluding hydrogens is 224 g/mol. The second-order valence-corrected chi connectivity index (χ2v) is 4.83. The predicted octanol–water partition coefficient (Wildman–Crippen LogP) is 2.42. The summed E-state index contributed by atoms with van der Waals surface area (Å²) in [6, 6.07) is 10.6. The Morgan fingerprint density at radius 2 is 1.94 bits per heavy atom. The van der Waals surface area contributed by atoms with E-state index in [1.54, 1.807) is 0 Å². The molecule has 0 aromatic heterocycles. The monoisotopic (exact) mass is 248 g/mol. The normalized spacial score (nSPS) is 10.9. The number of benzene rings is 1. The van der Waals surface area contributed by atoms with Crippen molar-refractivity contribution >= 4 is 5.91 Å². The van der Waals surface area contributed by atoms with Crippen molar-refractivity contribution in [2.45, 2.75) is 39.8 Å². The second kappa shape index (κ2) is 7.88. The van der Waals surface area contributed by atoms with Gasteiger partial charge < -0.3 is 5.32 Å². The van der Waals surface area contributed by atoms with Gasteiger partial charge in [-0.05, 0) is 26.0 Å². The van der Waals surface area contributed by atoms with Crippen LogP contribution in [0.1, 0.15) is 32.8 Å². The Morgan fingerprint density at radius 1 is 1.28 bits per heavy atom. The standard InChI is InChI=1S/C15H24N2O/c1-4-17(11-10-15(18)16-13(2)3)12-14-8-6-5-7-9-14/h5-9,13H,4,10-12H2,1-3H3,(H,16,18). The van der Waals surface area contributed by atoms with Gasteiger partial charge in [-0.2, -0.15) is 0 Å². The molecule has 1 amide bonds. The first-order valence-electron chi connectivity index (χ1n) is 6.67. The maximum Gasteiger partial charge on any atom is 0.221 e. The molecular formula is C15H24N2O. The van der Waals surface area contributed by atoms with Crippen LogP contribution in [0, 0.1) is 0 Å². The van der Waals surface area contributed by atoms with Gasteiger partial charge in [0.1, 0.15) is 0 Å². The molecule has 0 radical (unpaired) electrons. The highest BCUT2D eigenvalue weighted by Crippen LogP contribution is 2.04. The summed E-state index contributed by atoms with van der Waals surface area (Å²) >= 11 is 0. The van der Waals surface area contributed by atoms with Crippen molar-refractivity contribution < 1.29 is 4.79 Å². The Bertz CT molecular complexity index is 349. The second-order valence-electron chi connectivity index (χ2n) is 4.83. The highest BCUT2D eigenvalue weighted by molar-refractivity contribution is 5.76. The van der Waals surface area contributed by atoms with Crippen LogP contribution < -0.4 is 5.32 Å². The van der Waals surface area contributed by atoms with Gasteiger partial charge >= 0.3 is 0 Å². The van der Waals surface area contributed by atoms with Crippen molar-refractivity contribution in [2.24, 2.45) is 0 Å². The van der Waals surface area contributed by atoms with E-state index in [-0.39, 0.29) is 11.9 Å². The van der Waals surface area contributed by atoms with Crippen LogP contribution in [0.15, 0.2) is 30.3 Å². The smallest absolute Gasteiger partial charge is 0.221 e. The molecule has 100 valence electrons. The summed E-state index contributed by atoms with van der Waals surface area (Å²) in [5.41, 5.74) is 1.30. The van der Waals surface area contributed by atoms with Gasteiger partial charge in [-0.15, -0.1) is 0 Å². The molecule has 18 heavy (non-hydrogen) atoms. The molecule has 1 aromatic carbocycles. The van der Waals surface area contributed by atoms with Crippen LogP contribution in [0.4, 0.5) is 0 Å². The minimum Gasteiger partial charge on any atom is -0.354 e. The van der Waals surface area contributed by atoms with E-state index in [0.29, 0.717) is 6.42 Å². The molecule has 0 saturated heterocycles. The zero-order valence-corrected chi connectivity index (χ0v) is 11.6. The lowest BCUT2D eigenvalue weighted by atomic mass is 10.2. The molecule has 0 atom stereocenters. The van der Waals surface area contributed by atoms with Crippen LogP contribution in [0.2, 0.25) is 0 Å². The molecule has 0 heterocycles. The first kappa shape index (κ1) is 14.7. The number of carbonyl (C=O) groups is 1. The molecule has 1 aromatic rings. The molecule has 3 heteroatoms. The van der Waals surface area contributed by atoms with E-state index >= 15 is 0 Å². The van der Waals surface area contributed by atoms with Gasteiger partial charge in [0, 0.05) is 25.6 Å². The van der Waals surface area contributed by atoms with Gasteiger partial charge in [0.25, 0.3) is 0 Å². The van der Waals surface area contributed by atoms with Crippen molar-refractivity contribution in [3.63, 3.8) is 0 Å². The highest BCUT2D eigenvalue weighted by atomic mass is 16.1. The van der Waals surface area contributed by atoms with Crippen LogP contribution in [0.3, 0.4) is 0 Å². The SMILES string of the molecule is CCN(CCC(=O)NC(C)C)Cc1ccccc1. The molecule has 0 aliphatic rings. The van der Waals surface area contributed by atoms with Gasteiger partial charge in [0.15, 0.2) is 0 Å². The van der Waals surface area contributed by atoms with Crippen LogP contribution >= 0.6 is 0 Å². The Hall–Kier alpha value is -1.35. The first-order chi connectivity index (χ1) is 8.61. The van der Waals surface area contributed by atoms with E-state index in [4.69, 9.17) is 0 Å². The van der Waals surface area contributed by atoms with Crippen molar-refractivity contribution in [2.75, 3.05) is 13.1 Å². The van der Waals surface area contributed by atoms with E-state index in [1.165, 1.54) is 5.56 Å². The summed E-state index contributed by atoms with van der Waals surface area (Å²) < 4.78 is 0. The number of nitrogens with one attached hydrogen (secondary N) is 1. The lowest BCUT2D eigenvalue weighted by Gasteiger charge is -2.20. The fourth-order valence-electron chi connectivity index (χ4n) is 1.84. The topological polar surface area (TPSA) is 32.3 Å². The van der Waals surface area contributed by atoms with Crippen LogP contribution in [0.25, 0.3) is 0 Å². The Morgan fingerprint density at radius 3 is 2.50 bits per heavy atom. The van der Waals surface area contributed by atoms with E-state index in [1.807, 2.05) is 19.9 Å². The molecule has 0 fully saturated rings. The van der Waals surface area contributed by atoms with Crippen molar-refractivity contribution in [3.05, 3.63) is 35.9 Å². The van der Waals surface area contributed by atoms with Crippen LogP contribution in [-0.2, 0) is 11.3 Å². The predicted molar refractivity (Wildman–Crippen MR) is 75.3 cm³/mol. The molecule has 0 unspecified atom stereocenters. The number of nitrogens with zero attached hydrogens (tertiary/aromatic N) is 1. The number of hydrogen-bond acceptors (Lipinski definition) is 2. The number of hydrogen-bond donors (Lipinski definition) is 1. The Labute approximate surface area is 110 Å². The number of rotatable bonds is 7. The van der Waals surface area contributed by atoms with E-state index in [0.717, 1.165) is 19.6 Å². The summed E-state index contributed by atoms with van der Waals surface area (Å²) in [5, 5.41) is 2.92. The largest absolute Gasteiger partial charge is 0.354 e. The molecule has 1 rings (SSSR count). The zero-order chi connectivity index (χ0) is 13.4. The fourth-order valence-corrected chi connectivity index (χ4v) is 1.84. The molecule has 0 aliphatic heterocycles. The molecule has 0 bridgehead atoms. The van der Waals surface area contributed by atoms with Crippen molar-refractivity contribution in [1.82, 2.24) is 10.2 Å². The molecule has 0 saturated carbocycles. The van der Waals surface area contributed by atoms with Gasteiger partial charge in [-0.25, -0.2) is 0 Å². The minimum absolute atomic E-state index is 0.136. The van der Waals surface area contributed by atoms with Crippen molar-refractivity contribution in [1.29, 1.82) is 0 Å². The van der Waals surface area contributed by atoms with Gasteiger partial charge in [0.2, 0.25) is 5.91 Å².